The number of methoxy groups -OCH3 is 1. The van der Waals surface area contributed by atoms with Gasteiger partial charge in [-0.15, -0.1) is 16.9 Å². The number of carboxylic acid groups (broad SMARTS) is 1. The fourth-order valence-corrected chi connectivity index (χ4v) is 6.32. The Labute approximate surface area is 208 Å². The Morgan fingerprint density at radius 2 is 2.11 bits per heavy atom. The first-order chi connectivity index (χ1) is 16.7. The number of phenols is 1. The quantitative estimate of drug-likeness (QED) is 0.195. The predicted octanol–water partition coefficient (Wildman–Crippen LogP) is -0.0966. The van der Waals surface area contributed by atoms with Gasteiger partial charge >= 0.3 is 5.97 Å². The molecule has 2 amide bonds. The lowest BCUT2D eigenvalue weighted by Crippen LogP contribution is -2.81. The fourth-order valence-electron chi connectivity index (χ4n) is 3.80. The van der Waals surface area contributed by atoms with Gasteiger partial charge in [-0.3, -0.25) is 14.5 Å². The number of carboxylic acids is 1. The van der Waals surface area contributed by atoms with Crippen LogP contribution in [-0.4, -0.2) is 82.8 Å². The number of nitrogens with one attached hydrogen (secondary N) is 1. The van der Waals surface area contributed by atoms with Crippen molar-refractivity contribution in [2.75, 3.05) is 18.6 Å². The molecule has 0 saturated carbocycles. The summed E-state index contributed by atoms with van der Waals surface area (Å²) in [5, 5.41) is 33.1. The van der Waals surface area contributed by atoms with Crippen LogP contribution in [0.2, 0.25) is 0 Å². The van der Waals surface area contributed by atoms with Gasteiger partial charge in [-0.25, -0.2) is 9.48 Å². The molecule has 2 aliphatic rings. The van der Waals surface area contributed by atoms with E-state index in [0.717, 1.165) is 4.90 Å². The molecule has 1 aromatic heterocycles. The van der Waals surface area contributed by atoms with Gasteiger partial charge in [0.05, 0.1) is 0 Å². The Kier molecular flexibility index (Phi) is 7.02. The number of tetrazole rings is 1. The number of phenolic OH excluding ortho intramolecular Hbond substituents is 1. The first kappa shape index (κ1) is 25.0. The fraction of sp³-hybridized carbons (Fsp3) is 0.400. The third kappa shape index (κ3) is 4.35. The van der Waals surface area contributed by atoms with Crippen LogP contribution in [0.4, 0.5) is 0 Å². The van der Waals surface area contributed by atoms with Crippen LogP contribution in [0.5, 0.6) is 5.75 Å². The summed E-state index contributed by atoms with van der Waals surface area (Å²) in [6.07, 6.45) is 0. The van der Waals surface area contributed by atoms with Crippen molar-refractivity contribution >= 4 is 41.3 Å². The Balaban J connectivity index is 1.54. The van der Waals surface area contributed by atoms with E-state index in [1.54, 1.807) is 4.68 Å². The maximum atomic E-state index is 13.2. The van der Waals surface area contributed by atoms with Crippen molar-refractivity contribution in [2.45, 2.75) is 35.8 Å². The lowest BCUT2D eigenvalue weighted by molar-refractivity contribution is -0.192. The summed E-state index contributed by atoms with van der Waals surface area (Å²) in [6.45, 7) is 2.44. The van der Waals surface area contributed by atoms with Crippen molar-refractivity contribution in [3.05, 3.63) is 41.1 Å². The number of hydrogen-bond acceptors (Lipinski definition) is 11. The molecule has 1 fully saturated rings. The van der Waals surface area contributed by atoms with Crippen molar-refractivity contribution in [2.24, 2.45) is 5.73 Å². The van der Waals surface area contributed by atoms with Crippen LogP contribution in [-0.2, 0) is 25.7 Å². The summed E-state index contributed by atoms with van der Waals surface area (Å²) in [5.41, 5.74) is 5.09. The zero-order valence-corrected chi connectivity index (χ0v) is 20.4. The van der Waals surface area contributed by atoms with Crippen LogP contribution in [0.1, 0.15) is 18.5 Å². The molecule has 2 aromatic rings. The zero-order chi connectivity index (χ0) is 25.3. The highest BCUT2D eigenvalue weighted by molar-refractivity contribution is 8.01. The molecule has 35 heavy (non-hydrogen) atoms. The second-order valence-corrected chi connectivity index (χ2v) is 9.67. The minimum Gasteiger partial charge on any atom is -0.508 e. The first-order valence-corrected chi connectivity index (χ1v) is 12.5. The van der Waals surface area contributed by atoms with E-state index in [4.69, 9.17) is 10.5 Å². The maximum absolute atomic E-state index is 13.2. The normalized spacial score (nSPS) is 22.4. The minimum atomic E-state index is -1.76. The number of aromatic hydroxyl groups is 1. The van der Waals surface area contributed by atoms with E-state index in [2.05, 4.69) is 20.8 Å². The molecule has 3 atom stereocenters. The summed E-state index contributed by atoms with van der Waals surface area (Å²) in [7, 11) is 1.27. The molecule has 2 aliphatic heterocycles. The lowest BCUT2D eigenvalue weighted by atomic mass is 9.97. The number of carbonyl (C=O) groups is 3. The molecule has 1 saturated heterocycles. The average molecular weight is 522 g/mol. The van der Waals surface area contributed by atoms with Crippen LogP contribution < -0.4 is 11.1 Å². The smallest absolute Gasteiger partial charge is 0.352 e. The highest BCUT2D eigenvalue weighted by Crippen LogP contribution is 2.47. The second kappa shape index (κ2) is 9.85. The van der Waals surface area contributed by atoms with Gasteiger partial charge < -0.3 is 26.0 Å². The number of benzene rings is 1. The molecule has 3 heterocycles. The molecule has 0 spiro atoms. The topological polar surface area (TPSA) is 186 Å². The highest BCUT2D eigenvalue weighted by Gasteiger charge is 2.66. The summed E-state index contributed by atoms with van der Waals surface area (Å²) < 4.78 is 7.04. The van der Waals surface area contributed by atoms with E-state index in [1.807, 2.05) is 6.92 Å². The number of rotatable bonds is 9. The largest absolute Gasteiger partial charge is 0.508 e. The first-order valence-electron chi connectivity index (χ1n) is 10.4. The number of nitrogens with zero attached hydrogens (tertiary/aromatic N) is 5. The summed E-state index contributed by atoms with van der Waals surface area (Å²) in [4.78, 5) is 39.4. The predicted molar refractivity (Wildman–Crippen MR) is 125 cm³/mol. The third-order valence-electron chi connectivity index (χ3n) is 5.65. The number of nitrogens with two attached hydrogens (primary N) is 1. The van der Waals surface area contributed by atoms with E-state index in [9.17, 15) is 24.6 Å². The number of ether oxygens (including phenoxy) is 1. The number of aromatic nitrogens is 4. The number of β-lactam (4-membered cyclic amide) rings is 1. The van der Waals surface area contributed by atoms with Crippen molar-refractivity contribution in [3.8, 4) is 5.75 Å². The van der Waals surface area contributed by atoms with Crippen LogP contribution in [0.15, 0.2) is 40.7 Å². The second-order valence-electron chi connectivity index (χ2n) is 7.66. The number of thioether (sulfide) groups is 2. The maximum Gasteiger partial charge on any atom is 0.352 e. The molecular formula is C20H23N7O6S2. The molecule has 0 aliphatic carbocycles. The molecule has 15 heteroatoms. The molecule has 5 N–H and O–H groups in total. The Morgan fingerprint density at radius 3 is 2.74 bits per heavy atom. The zero-order valence-electron chi connectivity index (χ0n) is 18.7. The molecule has 1 unspecified atom stereocenters. The third-order valence-corrected chi connectivity index (χ3v) is 8.07. The van der Waals surface area contributed by atoms with Gasteiger partial charge in [0.25, 0.3) is 11.6 Å². The number of aliphatic carboxylic acids is 1. The number of carbonyl (C=O) groups excluding carboxylic acids is 2. The van der Waals surface area contributed by atoms with E-state index in [0.29, 0.717) is 28.6 Å². The molecule has 0 radical (unpaired) electrons. The minimum absolute atomic E-state index is 0.0197. The van der Waals surface area contributed by atoms with Crippen molar-refractivity contribution in [1.82, 2.24) is 30.4 Å². The Morgan fingerprint density at radius 1 is 1.40 bits per heavy atom. The number of hydrogen-bond donors (Lipinski definition) is 4. The van der Waals surface area contributed by atoms with E-state index >= 15 is 0 Å². The summed E-state index contributed by atoms with van der Waals surface area (Å²) >= 11 is 2.55. The summed E-state index contributed by atoms with van der Waals surface area (Å²) in [5.74, 6) is -2.07. The lowest BCUT2D eigenvalue weighted by Gasteiger charge is -2.56. The number of amides is 2. The van der Waals surface area contributed by atoms with Crippen LogP contribution in [0, 0.1) is 0 Å². The van der Waals surface area contributed by atoms with Crippen LogP contribution >= 0.6 is 23.5 Å². The number of fused-ring (bicyclic) bond motifs is 1. The molecule has 186 valence electrons. The van der Waals surface area contributed by atoms with Crippen molar-refractivity contribution < 1.29 is 29.3 Å². The van der Waals surface area contributed by atoms with E-state index in [-0.39, 0.29) is 17.2 Å². The molecule has 1 aromatic carbocycles. The van der Waals surface area contributed by atoms with Gasteiger partial charge in [0.15, 0.2) is 0 Å². The molecule has 13 nitrogen and oxygen atoms in total. The highest BCUT2D eigenvalue weighted by atomic mass is 32.2. The van der Waals surface area contributed by atoms with E-state index < -0.39 is 34.9 Å². The van der Waals surface area contributed by atoms with Crippen molar-refractivity contribution in [3.63, 3.8) is 0 Å². The summed E-state index contributed by atoms with van der Waals surface area (Å²) in [6, 6.07) is 4.64. The van der Waals surface area contributed by atoms with Crippen LogP contribution in [0.25, 0.3) is 0 Å². The molecular weight excluding hydrogens is 498 g/mol. The van der Waals surface area contributed by atoms with Gasteiger partial charge in [0.1, 0.15) is 22.9 Å². The van der Waals surface area contributed by atoms with Gasteiger partial charge in [-0.2, -0.15) is 0 Å². The Bertz CT molecular complexity index is 1190. The average Bonchev–Trinajstić information content (AvgIpc) is 3.32. The van der Waals surface area contributed by atoms with Crippen molar-refractivity contribution in [1.29, 1.82) is 0 Å². The monoisotopic (exact) mass is 521 g/mol. The van der Waals surface area contributed by atoms with Gasteiger partial charge in [0, 0.05) is 25.2 Å². The number of aryl methyl sites for hydroxylation is 1. The van der Waals surface area contributed by atoms with Gasteiger partial charge in [0.2, 0.25) is 11.1 Å². The van der Waals surface area contributed by atoms with Crippen LogP contribution in [0.3, 0.4) is 0 Å². The SMILES string of the molecule is CCn1nnnc1SCC1=C(C(=O)O)N2C(=O)[C@](NC(=O)C(N)c3ccc(O)cc3)(OC)[C@H]2SC1. The molecule has 4 rings (SSSR count). The van der Waals surface area contributed by atoms with Gasteiger partial charge in [-0.1, -0.05) is 23.9 Å². The van der Waals surface area contributed by atoms with Gasteiger partial charge in [-0.05, 0) is 40.6 Å². The van der Waals surface area contributed by atoms with E-state index in [1.165, 1.54) is 54.9 Å². The molecule has 0 bridgehead atoms. The standard InChI is InChI=1S/C20H23N7O6S2/c1-3-26-19(23-24-25-26)35-9-11-8-34-18-20(33-2,17(32)27(18)14(11)16(30)31)22-15(29)13(21)10-4-6-12(28)7-5-10/h4-7,13,18,28H,3,8-9,21H2,1-2H3,(H,22,29)(H,30,31)/t13?,18-,20+/m1/s1. The Hall–Kier alpha value is -3.14.